The Bertz CT molecular complexity index is 602. The van der Waals surface area contributed by atoms with Crippen LogP contribution in [0.25, 0.3) is 0 Å². The molecule has 0 radical (unpaired) electrons. The summed E-state index contributed by atoms with van der Waals surface area (Å²) in [4.78, 5) is 14.9. The van der Waals surface area contributed by atoms with E-state index in [1.54, 1.807) is 0 Å². The summed E-state index contributed by atoms with van der Waals surface area (Å²) in [6, 6.07) is 1.99. The Balaban J connectivity index is 1.53. The zero-order valence-electron chi connectivity index (χ0n) is 13.8. The molecule has 1 aromatic heterocycles. The number of nitrogens with two attached hydrogens (primary N) is 1. The van der Waals surface area contributed by atoms with E-state index in [1.807, 2.05) is 22.7 Å². The molecule has 0 bridgehead atoms. The zero-order valence-corrected chi connectivity index (χ0v) is 13.8. The van der Waals surface area contributed by atoms with Gasteiger partial charge in [0.25, 0.3) is 5.91 Å². The fraction of sp³-hybridized carbons (Fsp3) is 0.765. The predicted octanol–water partition coefficient (Wildman–Crippen LogP) is 1.12. The van der Waals surface area contributed by atoms with E-state index in [2.05, 4.69) is 5.10 Å². The minimum atomic E-state index is 0.0642. The molecule has 1 amide bonds. The summed E-state index contributed by atoms with van der Waals surface area (Å²) in [5.41, 5.74) is 7.96. The van der Waals surface area contributed by atoms with Crippen molar-refractivity contribution in [3.05, 3.63) is 17.5 Å². The smallest absolute Gasteiger partial charge is 0.274 e. The highest BCUT2D eigenvalue weighted by Crippen LogP contribution is 2.44. The van der Waals surface area contributed by atoms with Crippen molar-refractivity contribution in [2.75, 3.05) is 32.8 Å². The number of carbonyl (C=O) groups excluding carboxylic acids is 1. The van der Waals surface area contributed by atoms with Crippen LogP contribution in [0.1, 0.15) is 47.8 Å². The van der Waals surface area contributed by atoms with Gasteiger partial charge in [0.2, 0.25) is 0 Å². The Morgan fingerprint density at radius 2 is 2.17 bits per heavy atom. The molecule has 1 saturated carbocycles. The molecule has 4 rings (SSSR count). The molecule has 2 aliphatic heterocycles. The summed E-state index contributed by atoms with van der Waals surface area (Å²) < 4.78 is 7.40. The number of aromatic nitrogens is 2. The van der Waals surface area contributed by atoms with Gasteiger partial charge in [0.15, 0.2) is 5.69 Å². The number of likely N-dealkylation sites (tertiary alicyclic amines) is 1. The topological polar surface area (TPSA) is 73.4 Å². The number of rotatable bonds is 3. The normalized spacial score (nSPS) is 26.9. The van der Waals surface area contributed by atoms with Crippen molar-refractivity contribution in [2.45, 2.75) is 31.6 Å². The Hall–Kier alpha value is -1.40. The lowest BCUT2D eigenvalue weighted by molar-refractivity contribution is 0.00137. The molecule has 1 aromatic rings. The van der Waals surface area contributed by atoms with E-state index in [9.17, 15) is 4.79 Å². The maximum absolute atomic E-state index is 12.9. The van der Waals surface area contributed by atoms with Gasteiger partial charge in [0.05, 0.1) is 0 Å². The molecule has 3 heterocycles. The van der Waals surface area contributed by atoms with Crippen LogP contribution in [0.3, 0.4) is 0 Å². The number of ether oxygens (including phenoxy) is 1. The minimum absolute atomic E-state index is 0.0642. The quantitative estimate of drug-likeness (QED) is 0.906. The van der Waals surface area contributed by atoms with Gasteiger partial charge in [0.1, 0.15) is 0 Å². The molecule has 6 nitrogen and oxygen atoms in total. The highest BCUT2D eigenvalue weighted by atomic mass is 16.5. The van der Waals surface area contributed by atoms with Crippen LogP contribution in [0.5, 0.6) is 0 Å². The van der Waals surface area contributed by atoms with Crippen LogP contribution in [0.4, 0.5) is 0 Å². The van der Waals surface area contributed by atoms with Crippen LogP contribution in [-0.4, -0.2) is 53.4 Å². The maximum atomic E-state index is 12.9. The summed E-state index contributed by atoms with van der Waals surface area (Å²) in [5.74, 6) is 1.04. The summed E-state index contributed by atoms with van der Waals surface area (Å²) >= 11 is 0. The highest BCUT2D eigenvalue weighted by Gasteiger charge is 2.48. The van der Waals surface area contributed by atoms with Gasteiger partial charge in [-0.25, -0.2) is 0 Å². The lowest BCUT2D eigenvalue weighted by Crippen LogP contribution is -2.40. The van der Waals surface area contributed by atoms with Crippen molar-refractivity contribution in [3.63, 3.8) is 0 Å². The van der Waals surface area contributed by atoms with Crippen molar-refractivity contribution >= 4 is 5.91 Å². The first-order valence-electron chi connectivity index (χ1n) is 8.74. The van der Waals surface area contributed by atoms with Gasteiger partial charge >= 0.3 is 0 Å². The van der Waals surface area contributed by atoms with Crippen molar-refractivity contribution < 1.29 is 9.53 Å². The Labute approximate surface area is 137 Å². The van der Waals surface area contributed by atoms with Crippen molar-refractivity contribution in [1.29, 1.82) is 0 Å². The molecule has 23 heavy (non-hydrogen) atoms. The Morgan fingerprint density at radius 3 is 2.83 bits per heavy atom. The van der Waals surface area contributed by atoms with Gasteiger partial charge in [-0.1, -0.05) is 0 Å². The first-order valence-corrected chi connectivity index (χ1v) is 8.74. The standard InChI is InChI=1S/C17H26N4O2/c1-20-15(12-2-3-12)8-14(19-20)16(22)21-10-13(9-18)17(11-21)4-6-23-7-5-17/h8,12-13H,2-7,9-11,18H2,1H3. The second-order valence-corrected chi connectivity index (χ2v) is 7.45. The van der Waals surface area contributed by atoms with E-state index in [-0.39, 0.29) is 11.3 Å². The first-order chi connectivity index (χ1) is 11.1. The third kappa shape index (κ3) is 2.58. The van der Waals surface area contributed by atoms with Gasteiger partial charge in [-0.3, -0.25) is 9.48 Å². The van der Waals surface area contributed by atoms with E-state index in [0.29, 0.717) is 24.1 Å². The highest BCUT2D eigenvalue weighted by molar-refractivity contribution is 5.92. The van der Waals surface area contributed by atoms with Gasteiger partial charge in [-0.2, -0.15) is 5.10 Å². The summed E-state index contributed by atoms with van der Waals surface area (Å²) in [5, 5.41) is 4.47. The number of hydrogen-bond acceptors (Lipinski definition) is 4. The van der Waals surface area contributed by atoms with Crippen LogP contribution >= 0.6 is 0 Å². The van der Waals surface area contributed by atoms with Crippen LogP contribution in [0, 0.1) is 11.3 Å². The molecule has 1 atom stereocenters. The second kappa shape index (κ2) is 5.60. The van der Waals surface area contributed by atoms with Crippen LogP contribution < -0.4 is 5.73 Å². The number of nitrogens with zero attached hydrogens (tertiary/aromatic N) is 3. The largest absolute Gasteiger partial charge is 0.381 e. The fourth-order valence-corrected chi connectivity index (χ4v) is 4.37. The minimum Gasteiger partial charge on any atom is -0.381 e. The molecule has 3 fully saturated rings. The van der Waals surface area contributed by atoms with Crippen molar-refractivity contribution in [3.8, 4) is 0 Å². The van der Waals surface area contributed by atoms with Gasteiger partial charge in [-0.15, -0.1) is 0 Å². The first kappa shape index (κ1) is 15.1. The second-order valence-electron chi connectivity index (χ2n) is 7.45. The molecular weight excluding hydrogens is 292 g/mol. The van der Waals surface area contributed by atoms with Gasteiger partial charge in [-0.05, 0) is 49.6 Å². The molecular formula is C17H26N4O2. The monoisotopic (exact) mass is 318 g/mol. The van der Waals surface area contributed by atoms with E-state index >= 15 is 0 Å². The lowest BCUT2D eigenvalue weighted by atomic mass is 9.72. The average molecular weight is 318 g/mol. The van der Waals surface area contributed by atoms with E-state index in [1.165, 1.54) is 18.5 Å². The maximum Gasteiger partial charge on any atom is 0.274 e. The third-order valence-electron chi connectivity index (χ3n) is 6.00. The number of carbonyl (C=O) groups is 1. The van der Waals surface area contributed by atoms with E-state index in [4.69, 9.17) is 10.5 Å². The van der Waals surface area contributed by atoms with E-state index in [0.717, 1.165) is 39.1 Å². The molecule has 126 valence electrons. The molecule has 3 aliphatic rings. The SMILES string of the molecule is Cn1nc(C(=O)N2CC(CN)C3(CCOCC3)C2)cc1C1CC1. The molecule has 1 aliphatic carbocycles. The summed E-state index contributed by atoms with van der Waals surface area (Å²) in [6.45, 7) is 3.76. The van der Waals surface area contributed by atoms with E-state index < -0.39 is 0 Å². The average Bonchev–Trinajstić information content (AvgIpc) is 3.25. The van der Waals surface area contributed by atoms with Gasteiger partial charge in [0, 0.05) is 45.0 Å². The Morgan fingerprint density at radius 1 is 1.43 bits per heavy atom. The van der Waals surface area contributed by atoms with Crippen LogP contribution in [0.15, 0.2) is 6.07 Å². The fourth-order valence-electron chi connectivity index (χ4n) is 4.37. The molecule has 2 N–H and O–H groups in total. The number of hydrogen-bond donors (Lipinski definition) is 1. The number of aryl methyl sites for hydroxylation is 1. The molecule has 2 saturated heterocycles. The zero-order chi connectivity index (χ0) is 16.0. The summed E-state index contributed by atoms with van der Waals surface area (Å²) in [7, 11) is 1.94. The summed E-state index contributed by atoms with van der Waals surface area (Å²) in [6.07, 6.45) is 4.45. The third-order valence-corrected chi connectivity index (χ3v) is 6.00. The molecule has 0 aromatic carbocycles. The lowest BCUT2D eigenvalue weighted by Gasteiger charge is -2.37. The number of amides is 1. The molecule has 1 unspecified atom stereocenters. The van der Waals surface area contributed by atoms with Crippen molar-refractivity contribution in [2.24, 2.45) is 24.1 Å². The molecule has 6 heteroatoms. The predicted molar refractivity (Wildman–Crippen MR) is 86.1 cm³/mol. The Kier molecular flexibility index (Phi) is 3.69. The van der Waals surface area contributed by atoms with Crippen molar-refractivity contribution in [1.82, 2.24) is 14.7 Å². The van der Waals surface area contributed by atoms with Crippen LogP contribution in [-0.2, 0) is 11.8 Å². The molecule has 1 spiro atoms. The van der Waals surface area contributed by atoms with Crippen LogP contribution in [0.2, 0.25) is 0 Å². The van der Waals surface area contributed by atoms with Gasteiger partial charge < -0.3 is 15.4 Å².